The fraction of sp³-hybridized carbons (Fsp3) is 0.455. The van der Waals surface area contributed by atoms with Crippen LogP contribution in [0.3, 0.4) is 0 Å². The van der Waals surface area contributed by atoms with Crippen LogP contribution in [0.2, 0.25) is 0 Å². The van der Waals surface area contributed by atoms with Crippen molar-refractivity contribution in [2.24, 2.45) is 0 Å². The lowest BCUT2D eigenvalue weighted by molar-refractivity contribution is -0.143. The number of nitrogens with zero attached hydrogens (tertiary/aromatic N) is 1. The molecule has 0 amide bonds. The summed E-state index contributed by atoms with van der Waals surface area (Å²) in [4.78, 5) is 14.3. The lowest BCUT2D eigenvalue weighted by atomic mass is 10.1. The largest absolute Gasteiger partial charge is 0.466 e. The predicted molar refractivity (Wildman–Crippen MR) is 54.1 cm³/mol. The highest BCUT2D eigenvalue weighted by Crippen LogP contribution is 2.20. The summed E-state index contributed by atoms with van der Waals surface area (Å²) in [5.41, 5.74) is -0.482. The normalized spacial score (nSPS) is 10.6. The minimum absolute atomic E-state index is 0.0724. The standard InChI is InChI=1S/C11H12F3NO2/c1-2-17-9(16)4-3-7-5-8(12)10(11(13)14)15-6-7/h5-6,11H,2-4H2,1H3. The maximum Gasteiger partial charge on any atom is 0.306 e. The number of halogens is 3. The third-order valence-electron chi connectivity index (χ3n) is 2.06. The second-order valence-electron chi connectivity index (χ2n) is 3.32. The van der Waals surface area contributed by atoms with Gasteiger partial charge in [-0.15, -0.1) is 0 Å². The zero-order chi connectivity index (χ0) is 12.8. The molecule has 0 fully saturated rings. The molecule has 17 heavy (non-hydrogen) atoms. The van der Waals surface area contributed by atoms with E-state index in [-0.39, 0.29) is 19.4 Å². The molecule has 94 valence electrons. The summed E-state index contributed by atoms with van der Waals surface area (Å²) >= 11 is 0. The summed E-state index contributed by atoms with van der Waals surface area (Å²) in [5.74, 6) is -1.47. The van der Waals surface area contributed by atoms with Crippen LogP contribution < -0.4 is 0 Å². The van der Waals surface area contributed by atoms with Crippen LogP contribution in [-0.4, -0.2) is 17.6 Å². The first-order valence-electron chi connectivity index (χ1n) is 5.12. The number of rotatable bonds is 5. The Morgan fingerprint density at radius 1 is 1.53 bits per heavy atom. The summed E-state index contributed by atoms with van der Waals surface area (Å²) in [6, 6.07) is 0.966. The molecule has 1 heterocycles. The SMILES string of the molecule is CCOC(=O)CCc1cnc(C(F)F)c(F)c1. The Kier molecular flexibility index (Phi) is 4.93. The fourth-order valence-electron chi connectivity index (χ4n) is 1.26. The van der Waals surface area contributed by atoms with E-state index in [0.29, 0.717) is 5.56 Å². The molecule has 1 aromatic rings. The van der Waals surface area contributed by atoms with Crippen molar-refractivity contribution < 1.29 is 22.7 Å². The van der Waals surface area contributed by atoms with Crippen molar-refractivity contribution in [1.29, 1.82) is 0 Å². The molecule has 0 aliphatic carbocycles. The summed E-state index contributed by atoms with van der Waals surface area (Å²) in [6.07, 6.45) is -1.51. The van der Waals surface area contributed by atoms with Gasteiger partial charge in [0.15, 0.2) is 5.82 Å². The van der Waals surface area contributed by atoms with Crippen LogP contribution in [0.25, 0.3) is 0 Å². The summed E-state index contributed by atoms with van der Waals surface area (Å²) in [7, 11) is 0. The molecule has 0 aromatic carbocycles. The Bertz CT molecular complexity index is 396. The van der Waals surface area contributed by atoms with Crippen LogP contribution in [0, 0.1) is 5.82 Å². The highest BCUT2D eigenvalue weighted by atomic mass is 19.3. The Morgan fingerprint density at radius 2 is 2.24 bits per heavy atom. The van der Waals surface area contributed by atoms with E-state index in [4.69, 9.17) is 0 Å². The van der Waals surface area contributed by atoms with E-state index in [1.807, 2.05) is 0 Å². The molecule has 0 unspecified atom stereocenters. The number of alkyl halides is 2. The van der Waals surface area contributed by atoms with Crippen LogP contribution in [-0.2, 0) is 16.0 Å². The first-order chi connectivity index (χ1) is 8.04. The lowest BCUT2D eigenvalue weighted by Gasteiger charge is -2.04. The van der Waals surface area contributed by atoms with Gasteiger partial charge in [-0.25, -0.2) is 13.2 Å². The van der Waals surface area contributed by atoms with Gasteiger partial charge in [0.25, 0.3) is 6.43 Å². The molecule has 1 rings (SSSR count). The molecule has 0 saturated carbocycles. The monoisotopic (exact) mass is 247 g/mol. The third-order valence-corrected chi connectivity index (χ3v) is 2.06. The Morgan fingerprint density at radius 3 is 2.76 bits per heavy atom. The van der Waals surface area contributed by atoms with Crippen LogP contribution >= 0.6 is 0 Å². The molecule has 0 aliphatic rings. The molecular weight excluding hydrogens is 235 g/mol. The number of hydrogen-bond donors (Lipinski definition) is 0. The van der Waals surface area contributed by atoms with Gasteiger partial charge in [0, 0.05) is 12.6 Å². The molecular formula is C11H12F3NO2. The zero-order valence-electron chi connectivity index (χ0n) is 9.25. The zero-order valence-corrected chi connectivity index (χ0v) is 9.25. The van der Waals surface area contributed by atoms with E-state index >= 15 is 0 Å². The summed E-state index contributed by atoms with van der Waals surface area (Å²) < 4.78 is 42.2. The number of carbonyl (C=O) groups excluding carboxylic acids is 1. The van der Waals surface area contributed by atoms with Gasteiger partial charge >= 0.3 is 5.97 Å². The van der Waals surface area contributed by atoms with Gasteiger partial charge in [0.2, 0.25) is 0 Å². The maximum absolute atomic E-state index is 13.1. The van der Waals surface area contributed by atoms with Crippen molar-refractivity contribution in [2.75, 3.05) is 6.61 Å². The maximum atomic E-state index is 13.1. The van der Waals surface area contributed by atoms with Gasteiger partial charge in [-0.2, -0.15) is 0 Å². The van der Waals surface area contributed by atoms with Gasteiger partial charge in [-0.1, -0.05) is 0 Å². The molecule has 0 spiro atoms. The van der Waals surface area contributed by atoms with Gasteiger partial charge in [0.05, 0.1) is 6.61 Å². The van der Waals surface area contributed by atoms with E-state index in [2.05, 4.69) is 9.72 Å². The topological polar surface area (TPSA) is 39.2 Å². The first-order valence-corrected chi connectivity index (χ1v) is 5.12. The number of aromatic nitrogens is 1. The predicted octanol–water partition coefficient (Wildman–Crippen LogP) is 2.65. The molecule has 0 saturated heterocycles. The molecule has 0 aliphatic heterocycles. The van der Waals surface area contributed by atoms with E-state index in [0.717, 1.165) is 12.3 Å². The molecule has 3 nitrogen and oxygen atoms in total. The number of esters is 1. The minimum atomic E-state index is -2.94. The number of pyridine rings is 1. The van der Waals surface area contributed by atoms with Crippen molar-refractivity contribution in [3.05, 3.63) is 29.3 Å². The van der Waals surface area contributed by atoms with Crippen molar-refractivity contribution >= 4 is 5.97 Å². The molecule has 0 atom stereocenters. The Hall–Kier alpha value is -1.59. The van der Waals surface area contributed by atoms with Gasteiger partial charge in [-0.05, 0) is 25.0 Å². The summed E-state index contributed by atoms with van der Waals surface area (Å²) in [6.45, 7) is 1.95. The van der Waals surface area contributed by atoms with E-state index in [1.54, 1.807) is 6.92 Å². The number of carbonyl (C=O) groups is 1. The average Bonchev–Trinajstić information content (AvgIpc) is 2.26. The van der Waals surface area contributed by atoms with E-state index in [1.165, 1.54) is 0 Å². The van der Waals surface area contributed by atoms with Crippen LogP contribution in [0.15, 0.2) is 12.3 Å². The number of hydrogen-bond acceptors (Lipinski definition) is 3. The van der Waals surface area contributed by atoms with Crippen LogP contribution in [0.4, 0.5) is 13.2 Å². The first kappa shape index (κ1) is 13.5. The highest BCUT2D eigenvalue weighted by molar-refractivity contribution is 5.69. The molecule has 0 radical (unpaired) electrons. The van der Waals surface area contributed by atoms with Gasteiger partial charge in [-0.3, -0.25) is 9.78 Å². The van der Waals surface area contributed by atoms with Crippen molar-refractivity contribution in [3.8, 4) is 0 Å². The second-order valence-corrected chi connectivity index (χ2v) is 3.32. The minimum Gasteiger partial charge on any atom is -0.466 e. The van der Waals surface area contributed by atoms with Crippen molar-refractivity contribution in [3.63, 3.8) is 0 Å². The van der Waals surface area contributed by atoms with Crippen LogP contribution in [0.1, 0.15) is 31.0 Å². The second kappa shape index (κ2) is 6.22. The smallest absolute Gasteiger partial charge is 0.306 e. The Labute approximate surface area is 96.6 Å². The van der Waals surface area contributed by atoms with Crippen molar-refractivity contribution in [1.82, 2.24) is 4.98 Å². The van der Waals surface area contributed by atoms with E-state index in [9.17, 15) is 18.0 Å². The molecule has 0 bridgehead atoms. The highest BCUT2D eigenvalue weighted by Gasteiger charge is 2.15. The summed E-state index contributed by atoms with van der Waals surface area (Å²) in [5, 5.41) is 0. The van der Waals surface area contributed by atoms with E-state index < -0.39 is 23.9 Å². The lowest BCUT2D eigenvalue weighted by Crippen LogP contribution is -2.06. The van der Waals surface area contributed by atoms with Gasteiger partial charge in [0.1, 0.15) is 5.69 Å². The van der Waals surface area contributed by atoms with Crippen LogP contribution in [0.5, 0.6) is 0 Å². The Balaban J connectivity index is 2.62. The molecule has 1 aromatic heterocycles. The van der Waals surface area contributed by atoms with Gasteiger partial charge < -0.3 is 4.74 Å². The quantitative estimate of drug-likeness (QED) is 0.751. The number of aryl methyl sites for hydroxylation is 1. The number of ether oxygens (including phenoxy) is 1. The third kappa shape index (κ3) is 4.05. The fourth-order valence-corrected chi connectivity index (χ4v) is 1.26. The average molecular weight is 247 g/mol. The molecule has 0 N–H and O–H groups in total. The molecule has 6 heteroatoms. The van der Waals surface area contributed by atoms with Crippen molar-refractivity contribution in [2.45, 2.75) is 26.2 Å².